The highest BCUT2D eigenvalue weighted by atomic mass is 16.3. The lowest BCUT2D eigenvalue weighted by molar-refractivity contribution is 0.0965. The molecule has 70 valence electrons. The molecule has 3 heteroatoms. The predicted molar refractivity (Wildman–Crippen MR) is 52.1 cm³/mol. The number of aryl methyl sites for hydroxylation is 1. The fraction of sp³-hybridized carbons (Fsp3) is 0.182. The van der Waals surface area contributed by atoms with E-state index in [1.807, 2.05) is 19.1 Å². The van der Waals surface area contributed by atoms with Crippen molar-refractivity contribution in [1.82, 2.24) is 5.32 Å². The van der Waals surface area contributed by atoms with Crippen molar-refractivity contribution in [3.63, 3.8) is 0 Å². The van der Waals surface area contributed by atoms with Gasteiger partial charge in [-0.1, -0.05) is 0 Å². The zero-order chi connectivity index (χ0) is 9.71. The second-order valence-electron chi connectivity index (χ2n) is 3.56. The van der Waals surface area contributed by atoms with Crippen molar-refractivity contribution >= 4 is 16.9 Å². The molecule has 0 spiro atoms. The standard InChI is InChI=1S/C11H9NO2/c1-6-9-8(5-12-11(9)13)4-7-2-3-14-10(6)7/h2-4H,5H2,1H3,(H,12,13). The van der Waals surface area contributed by atoms with Crippen LogP contribution in [0, 0.1) is 6.92 Å². The summed E-state index contributed by atoms with van der Waals surface area (Å²) >= 11 is 0. The van der Waals surface area contributed by atoms with E-state index in [1.54, 1.807) is 6.26 Å². The minimum atomic E-state index is 0.0100. The molecule has 1 aliphatic rings. The van der Waals surface area contributed by atoms with Crippen molar-refractivity contribution in [1.29, 1.82) is 0 Å². The number of hydrogen-bond acceptors (Lipinski definition) is 2. The van der Waals surface area contributed by atoms with Crippen molar-refractivity contribution in [3.8, 4) is 0 Å². The van der Waals surface area contributed by atoms with Gasteiger partial charge in [-0.2, -0.15) is 0 Å². The molecule has 1 aliphatic heterocycles. The van der Waals surface area contributed by atoms with E-state index in [4.69, 9.17) is 4.42 Å². The van der Waals surface area contributed by atoms with E-state index in [0.717, 1.165) is 27.7 Å². The number of benzene rings is 1. The van der Waals surface area contributed by atoms with E-state index in [9.17, 15) is 4.79 Å². The molecule has 0 radical (unpaired) electrons. The van der Waals surface area contributed by atoms with Gasteiger partial charge in [0, 0.05) is 17.5 Å². The van der Waals surface area contributed by atoms with Crippen LogP contribution in [0.5, 0.6) is 0 Å². The highest BCUT2D eigenvalue weighted by molar-refractivity contribution is 6.03. The Kier molecular flexibility index (Phi) is 1.29. The summed E-state index contributed by atoms with van der Waals surface area (Å²) in [4.78, 5) is 11.5. The molecule has 14 heavy (non-hydrogen) atoms. The third-order valence-electron chi connectivity index (χ3n) is 2.73. The van der Waals surface area contributed by atoms with Crippen LogP contribution in [0.2, 0.25) is 0 Å². The van der Waals surface area contributed by atoms with Crippen LogP contribution >= 0.6 is 0 Å². The third-order valence-corrected chi connectivity index (χ3v) is 2.73. The Bertz CT molecular complexity index is 539. The van der Waals surface area contributed by atoms with Crippen molar-refractivity contribution in [3.05, 3.63) is 35.1 Å². The fourth-order valence-electron chi connectivity index (χ4n) is 2.07. The molecule has 0 fully saturated rings. The number of amides is 1. The van der Waals surface area contributed by atoms with Gasteiger partial charge in [-0.15, -0.1) is 0 Å². The molecule has 1 aromatic heterocycles. The second kappa shape index (κ2) is 2.38. The molecule has 3 rings (SSSR count). The summed E-state index contributed by atoms with van der Waals surface area (Å²) < 4.78 is 5.34. The first kappa shape index (κ1) is 7.62. The number of furan rings is 1. The number of carbonyl (C=O) groups is 1. The van der Waals surface area contributed by atoms with Gasteiger partial charge < -0.3 is 9.73 Å². The average Bonchev–Trinajstić information content (AvgIpc) is 2.74. The first-order chi connectivity index (χ1) is 6.77. The lowest BCUT2D eigenvalue weighted by Crippen LogP contribution is -2.13. The van der Waals surface area contributed by atoms with Crippen LogP contribution in [0.15, 0.2) is 22.8 Å². The Hall–Kier alpha value is -1.77. The third kappa shape index (κ3) is 0.789. The van der Waals surface area contributed by atoms with Gasteiger partial charge in [-0.05, 0) is 24.6 Å². The molecule has 0 aliphatic carbocycles. The Morgan fingerprint density at radius 1 is 1.50 bits per heavy atom. The van der Waals surface area contributed by atoms with Crippen LogP contribution in [0.25, 0.3) is 11.0 Å². The summed E-state index contributed by atoms with van der Waals surface area (Å²) in [6.45, 7) is 2.56. The quantitative estimate of drug-likeness (QED) is 0.685. The molecule has 0 atom stereocenters. The largest absolute Gasteiger partial charge is 0.464 e. The van der Waals surface area contributed by atoms with Gasteiger partial charge >= 0.3 is 0 Å². The lowest BCUT2D eigenvalue weighted by Gasteiger charge is -2.01. The van der Waals surface area contributed by atoms with Gasteiger partial charge in [-0.3, -0.25) is 4.79 Å². The van der Waals surface area contributed by atoms with E-state index in [-0.39, 0.29) is 5.91 Å². The zero-order valence-electron chi connectivity index (χ0n) is 7.76. The van der Waals surface area contributed by atoms with Crippen LogP contribution in [0.4, 0.5) is 0 Å². The molecular formula is C11H9NO2. The topological polar surface area (TPSA) is 42.2 Å². The van der Waals surface area contributed by atoms with Crippen molar-refractivity contribution in [2.24, 2.45) is 0 Å². The molecule has 0 bridgehead atoms. The lowest BCUT2D eigenvalue weighted by atomic mass is 10.0. The van der Waals surface area contributed by atoms with Gasteiger partial charge in [0.15, 0.2) is 0 Å². The SMILES string of the molecule is Cc1c2c(cc3ccoc13)CNC2=O. The minimum absolute atomic E-state index is 0.0100. The Balaban J connectivity index is 2.47. The van der Waals surface area contributed by atoms with E-state index in [1.165, 1.54) is 0 Å². The highest BCUT2D eigenvalue weighted by Gasteiger charge is 2.23. The van der Waals surface area contributed by atoms with Crippen LogP contribution in [0.1, 0.15) is 21.5 Å². The number of rotatable bonds is 0. The summed E-state index contributed by atoms with van der Waals surface area (Å²) in [5, 5.41) is 3.88. The second-order valence-corrected chi connectivity index (χ2v) is 3.56. The summed E-state index contributed by atoms with van der Waals surface area (Å²) in [6, 6.07) is 3.93. The Morgan fingerprint density at radius 2 is 2.36 bits per heavy atom. The number of carbonyl (C=O) groups excluding carboxylic acids is 1. The molecule has 1 aromatic carbocycles. The Labute approximate surface area is 80.7 Å². The van der Waals surface area contributed by atoms with E-state index in [2.05, 4.69) is 5.32 Å². The van der Waals surface area contributed by atoms with E-state index >= 15 is 0 Å². The molecule has 1 N–H and O–H groups in total. The molecule has 2 aromatic rings. The van der Waals surface area contributed by atoms with Crippen molar-refractivity contribution in [2.45, 2.75) is 13.5 Å². The summed E-state index contributed by atoms with van der Waals surface area (Å²) in [5.41, 5.74) is 3.62. The molecule has 2 heterocycles. The van der Waals surface area contributed by atoms with Gasteiger partial charge in [0.1, 0.15) is 5.58 Å². The summed E-state index contributed by atoms with van der Waals surface area (Å²) in [5.74, 6) is 0.0100. The van der Waals surface area contributed by atoms with Crippen molar-refractivity contribution < 1.29 is 9.21 Å². The first-order valence-corrected chi connectivity index (χ1v) is 4.55. The van der Waals surface area contributed by atoms with E-state index < -0.39 is 0 Å². The fourth-order valence-corrected chi connectivity index (χ4v) is 2.07. The van der Waals surface area contributed by atoms with Gasteiger partial charge in [0.05, 0.1) is 11.8 Å². The van der Waals surface area contributed by atoms with Crippen LogP contribution < -0.4 is 5.32 Å². The van der Waals surface area contributed by atoms with Crippen molar-refractivity contribution in [2.75, 3.05) is 0 Å². The minimum Gasteiger partial charge on any atom is -0.464 e. The summed E-state index contributed by atoms with van der Waals surface area (Å²) in [6.07, 6.45) is 1.66. The number of hydrogen-bond donors (Lipinski definition) is 1. The molecule has 1 amide bonds. The normalized spacial score (nSPS) is 14.5. The zero-order valence-corrected chi connectivity index (χ0v) is 7.76. The van der Waals surface area contributed by atoms with Crippen LogP contribution in [0.3, 0.4) is 0 Å². The summed E-state index contributed by atoms with van der Waals surface area (Å²) in [7, 11) is 0. The number of fused-ring (bicyclic) bond motifs is 2. The van der Waals surface area contributed by atoms with Gasteiger partial charge in [-0.25, -0.2) is 0 Å². The maximum atomic E-state index is 11.5. The van der Waals surface area contributed by atoms with Gasteiger partial charge in [0.25, 0.3) is 5.91 Å². The smallest absolute Gasteiger partial charge is 0.252 e. The van der Waals surface area contributed by atoms with E-state index in [0.29, 0.717) is 6.54 Å². The highest BCUT2D eigenvalue weighted by Crippen LogP contribution is 2.28. The van der Waals surface area contributed by atoms with Gasteiger partial charge in [0.2, 0.25) is 0 Å². The van der Waals surface area contributed by atoms with Crippen LogP contribution in [-0.2, 0) is 6.54 Å². The first-order valence-electron chi connectivity index (χ1n) is 4.55. The maximum Gasteiger partial charge on any atom is 0.252 e. The predicted octanol–water partition coefficient (Wildman–Crippen LogP) is 1.98. The number of nitrogens with one attached hydrogen (secondary N) is 1. The van der Waals surface area contributed by atoms with Crippen LogP contribution in [-0.4, -0.2) is 5.91 Å². The Morgan fingerprint density at radius 3 is 3.21 bits per heavy atom. The molecular weight excluding hydrogens is 178 g/mol. The molecule has 0 unspecified atom stereocenters. The molecule has 0 saturated heterocycles. The molecule has 0 saturated carbocycles. The maximum absolute atomic E-state index is 11.5. The monoisotopic (exact) mass is 187 g/mol. The average molecular weight is 187 g/mol. The molecule has 3 nitrogen and oxygen atoms in total.